The van der Waals surface area contributed by atoms with E-state index in [4.69, 9.17) is 9.36 Å². The predicted octanol–water partition coefficient (Wildman–Crippen LogP) is 6.95. The molecule has 1 amide bonds. The molecule has 3 unspecified atom stereocenters. The molecule has 2 saturated carbocycles. The lowest BCUT2D eigenvalue weighted by Gasteiger charge is -2.50. The van der Waals surface area contributed by atoms with Crippen molar-refractivity contribution < 1.29 is 28.5 Å². The fourth-order valence-corrected chi connectivity index (χ4v) is 10.2. The lowest BCUT2D eigenvalue weighted by molar-refractivity contribution is -0.116. The summed E-state index contributed by atoms with van der Waals surface area (Å²) in [7, 11) is -3.12. The quantitative estimate of drug-likeness (QED) is 0.210. The Hall–Kier alpha value is -1.30. The third-order valence-corrected chi connectivity index (χ3v) is 11.4. The van der Waals surface area contributed by atoms with Gasteiger partial charge in [-0.25, -0.2) is 9.55 Å². The molecule has 0 bridgehead atoms. The third kappa shape index (κ3) is 5.75. The summed E-state index contributed by atoms with van der Waals surface area (Å²) < 4.78 is 17.7. The van der Waals surface area contributed by atoms with E-state index < -0.39 is 7.82 Å². The number of nitrogens with zero attached hydrogens (tertiary/aromatic N) is 2. The van der Waals surface area contributed by atoms with Crippen LogP contribution in [0.2, 0.25) is 0 Å². The van der Waals surface area contributed by atoms with Gasteiger partial charge in [0.15, 0.2) is 10.9 Å². The van der Waals surface area contributed by atoms with Crippen LogP contribution in [0.15, 0.2) is 26.4 Å². The van der Waals surface area contributed by atoms with Crippen LogP contribution in [0.25, 0.3) is 0 Å². The van der Waals surface area contributed by atoms with E-state index >= 15 is 0 Å². The van der Waals surface area contributed by atoms with Crippen LogP contribution in [0, 0.1) is 30.1 Å². The number of thiazole rings is 1. The number of rotatable bonds is 7. The molecule has 5 rings (SSSR count). The number of oxime groups is 1. The van der Waals surface area contributed by atoms with Crippen LogP contribution in [-0.2, 0) is 20.6 Å². The van der Waals surface area contributed by atoms with Crippen LogP contribution >= 0.6 is 51.0 Å². The fourth-order valence-electron chi connectivity index (χ4n) is 7.34. The molecule has 2 aromatic rings. The predicted molar refractivity (Wildman–Crippen MR) is 157 cm³/mol. The largest absolute Gasteiger partial charge is 0.524 e. The van der Waals surface area contributed by atoms with Gasteiger partial charge in [-0.1, -0.05) is 12.1 Å². The van der Waals surface area contributed by atoms with Crippen LogP contribution in [0.1, 0.15) is 67.4 Å². The van der Waals surface area contributed by atoms with E-state index in [9.17, 15) is 19.1 Å². The molecule has 1 aromatic heterocycles. The molecule has 3 N–H and O–H groups in total. The van der Waals surface area contributed by atoms with Gasteiger partial charge in [-0.3, -0.25) is 14.6 Å². The Morgan fingerprint density at radius 3 is 2.79 bits per heavy atom. The Balaban J connectivity index is 1.41. The van der Waals surface area contributed by atoms with Crippen molar-refractivity contribution in [2.24, 2.45) is 28.3 Å². The van der Waals surface area contributed by atoms with Crippen molar-refractivity contribution >= 4 is 67.8 Å². The van der Waals surface area contributed by atoms with Gasteiger partial charge in [0.05, 0.1) is 14.7 Å². The van der Waals surface area contributed by atoms with Gasteiger partial charge in [-0.2, -0.15) is 0 Å². The SMILES string of the molecule is CON=C1C[C@@H](CCC(=O)Nc2ncc(C)s2)C2C3CCc4c(cc(Br)c(OP(=O)(O)O)c4Br)C3CC[C@]12C. The highest BCUT2D eigenvalue weighted by Crippen LogP contribution is 2.63. The van der Waals surface area contributed by atoms with Crippen molar-refractivity contribution in [1.82, 2.24) is 4.98 Å². The fraction of sp³-hybridized carbons (Fsp3) is 0.577. The number of carbonyl (C=O) groups is 1. The van der Waals surface area contributed by atoms with E-state index in [-0.39, 0.29) is 17.1 Å². The smallest absolute Gasteiger partial charge is 0.402 e. The maximum absolute atomic E-state index is 12.8. The van der Waals surface area contributed by atoms with Gasteiger partial charge >= 0.3 is 7.82 Å². The molecule has 3 aliphatic carbocycles. The summed E-state index contributed by atoms with van der Waals surface area (Å²) in [5.74, 6) is 1.44. The molecule has 3 aliphatic rings. The molecule has 0 spiro atoms. The molecule has 0 saturated heterocycles. The molecule has 212 valence electrons. The minimum Gasteiger partial charge on any atom is -0.402 e. The summed E-state index contributed by atoms with van der Waals surface area (Å²) in [5.41, 5.74) is 3.23. The van der Waals surface area contributed by atoms with Crippen LogP contribution in [0.4, 0.5) is 5.13 Å². The zero-order valence-electron chi connectivity index (χ0n) is 21.9. The summed E-state index contributed by atoms with van der Waals surface area (Å²) in [6.45, 7) is 4.27. The molecule has 13 heteroatoms. The summed E-state index contributed by atoms with van der Waals surface area (Å²) in [5, 5.41) is 8.06. The number of hydrogen-bond donors (Lipinski definition) is 3. The van der Waals surface area contributed by atoms with Crippen molar-refractivity contribution in [2.45, 2.75) is 64.7 Å². The zero-order chi connectivity index (χ0) is 28.1. The second-order valence-corrected chi connectivity index (χ2v) is 15.0. The summed E-state index contributed by atoms with van der Waals surface area (Å²) in [4.78, 5) is 42.2. The molecule has 5 atom stereocenters. The van der Waals surface area contributed by atoms with Crippen molar-refractivity contribution in [2.75, 3.05) is 12.4 Å². The number of fused-ring (bicyclic) bond motifs is 5. The van der Waals surface area contributed by atoms with E-state index in [1.54, 1.807) is 13.3 Å². The van der Waals surface area contributed by atoms with E-state index in [1.165, 1.54) is 16.9 Å². The van der Waals surface area contributed by atoms with Gasteiger partial charge in [0.1, 0.15) is 7.11 Å². The number of aromatic nitrogens is 1. The van der Waals surface area contributed by atoms with E-state index in [1.807, 2.05) is 13.0 Å². The number of halogens is 2. The number of carbonyl (C=O) groups excluding carboxylic acids is 1. The number of phosphoric acid groups is 1. The normalized spacial score (nSPS) is 28.9. The lowest BCUT2D eigenvalue weighted by Crippen LogP contribution is -2.44. The van der Waals surface area contributed by atoms with Crippen LogP contribution in [-0.4, -0.2) is 33.5 Å². The second kappa shape index (κ2) is 11.2. The highest BCUT2D eigenvalue weighted by atomic mass is 79.9. The minimum absolute atomic E-state index is 0.0185. The number of amides is 1. The molecule has 2 fully saturated rings. The Morgan fingerprint density at radius 1 is 1.36 bits per heavy atom. The molecule has 39 heavy (non-hydrogen) atoms. The minimum atomic E-state index is -4.71. The monoisotopic (exact) mass is 703 g/mol. The highest BCUT2D eigenvalue weighted by Gasteiger charge is 2.58. The van der Waals surface area contributed by atoms with Crippen molar-refractivity contribution in [3.05, 3.63) is 37.2 Å². The maximum atomic E-state index is 12.8. The van der Waals surface area contributed by atoms with Gasteiger partial charge in [0.2, 0.25) is 5.91 Å². The van der Waals surface area contributed by atoms with Gasteiger partial charge in [-0.15, -0.1) is 11.3 Å². The highest BCUT2D eigenvalue weighted by molar-refractivity contribution is 9.11. The topological polar surface area (TPSA) is 130 Å². The Morgan fingerprint density at radius 2 is 2.13 bits per heavy atom. The van der Waals surface area contributed by atoms with E-state index in [0.717, 1.165) is 54.7 Å². The Labute approximate surface area is 248 Å². The first-order chi connectivity index (χ1) is 18.4. The molecule has 1 heterocycles. The average molecular weight is 705 g/mol. The standard InChI is InChI=1S/C26H32Br2N3O6PS/c1-13-12-29-25(39-13)30-21(32)7-4-14-10-20(31-36-3)26(2)9-8-15-16(22(14)26)5-6-17-18(15)11-19(27)24(23(17)28)37-38(33,34)35/h11-12,14-16,22H,4-10H2,1-3H3,(H,29,30,32)(H2,33,34,35)/t14-,15?,16?,22?,26-/m1/s1. The molecule has 0 radical (unpaired) electrons. The Kier molecular flexibility index (Phi) is 8.37. The molecule has 0 aliphatic heterocycles. The third-order valence-electron chi connectivity index (χ3n) is 8.77. The van der Waals surface area contributed by atoms with Crippen LogP contribution in [0.3, 0.4) is 0 Å². The number of aryl methyl sites for hydroxylation is 1. The summed E-state index contributed by atoms with van der Waals surface area (Å²) in [6.07, 6.45) is 7.40. The van der Waals surface area contributed by atoms with E-state index in [2.05, 4.69) is 54.2 Å². The first-order valence-electron chi connectivity index (χ1n) is 13.0. The molecule has 9 nitrogen and oxygen atoms in total. The van der Waals surface area contributed by atoms with Crippen molar-refractivity contribution in [1.29, 1.82) is 0 Å². The number of benzene rings is 1. The Bertz CT molecular complexity index is 1360. The first kappa shape index (κ1) is 29.2. The summed E-state index contributed by atoms with van der Waals surface area (Å²) >= 11 is 8.55. The van der Waals surface area contributed by atoms with Gasteiger partial charge in [0, 0.05) is 22.9 Å². The van der Waals surface area contributed by atoms with Crippen LogP contribution in [0.5, 0.6) is 5.75 Å². The van der Waals surface area contributed by atoms with Gasteiger partial charge < -0.3 is 14.7 Å². The molecule has 1 aromatic carbocycles. The van der Waals surface area contributed by atoms with Crippen molar-refractivity contribution in [3.63, 3.8) is 0 Å². The number of nitrogens with one attached hydrogen (secondary N) is 1. The van der Waals surface area contributed by atoms with E-state index in [0.29, 0.717) is 44.2 Å². The number of phosphoric ester groups is 1. The second-order valence-electron chi connectivity index (χ2n) is 11.0. The maximum Gasteiger partial charge on any atom is 0.524 e. The van der Waals surface area contributed by atoms with Crippen LogP contribution < -0.4 is 9.84 Å². The number of hydrogen-bond acceptors (Lipinski definition) is 7. The van der Waals surface area contributed by atoms with Gasteiger partial charge in [-0.05, 0) is 118 Å². The average Bonchev–Trinajstić information content (AvgIpc) is 3.39. The number of anilines is 1. The first-order valence-corrected chi connectivity index (χ1v) is 16.9. The molecular weight excluding hydrogens is 673 g/mol. The van der Waals surface area contributed by atoms with Crippen molar-refractivity contribution in [3.8, 4) is 5.75 Å². The zero-order valence-corrected chi connectivity index (χ0v) is 26.8. The summed E-state index contributed by atoms with van der Waals surface area (Å²) in [6, 6.07) is 1.97. The molecular formula is C26H32Br2N3O6PS. The van der Waals surface area contributed by atoms with Gasteiger partial charge in [0.25, 0.3) is 0 Å². The lowest BCUT2D eigenvalue weighted by atomic mass is 9.54.